The Balaban J connectivity index is 1.88. The summed E-state index contributed by atoms with van der Waals surface area (Å²) in [4.78, 5) is 20.1. The van der Waals surface area contributed by atoms with E-state index < -0.39 is 12.1 Å². The van der Waals surface area contributed by atoms with Crippen LogP contribution in [0.2, 0.25) is 0 Å². The van der Waals surface area contributed by atoms with Crippen molar-refractivity contribution in [1.29, 1.82) is 0 Å². The summed E-state index contributed by atoms with van der Waals surface area (Å²) in [5.41, 5.74) is 3.33. The van der Waals surface area contributed by atoms with Gasteiger partial charge in [0.15, 0.2) is 0 Å². The summed E-state index contributed by atoms with van der Waals surface area (Å²) in [7, 11) is 0. The number of aliphatic carboxylic acids is 1. The van der Waals surface area contributed by atoms with Crippen molar-refractivity contribution in [3.63, 3.8) is 0 Å². The second-order valence-electron chi connectivity index (χ2n) is 4.47. The van der Waals surface area contributed by atoms with Gasteiger partial charge in [-0.25, -0.2) is 4.79 Å². The number of carbonyl (C=O) groups is 1. The Morgan fingerprint density at radius 3 is 2.75 bits per heavy atom. The van der Waals surface area contributed by atoms with Crippen LogP contribution in [0.3, 0.4) is 0 Å². The number of rotatable bonds is 3. The van der Waals surface area contributed by atoms with Crippen LogP contribution in [0.5, 0.6) is 0 Å². The van der Waals surface area contributed by atoms with E-state index in [1.807, 2.05) is 42.5 Å². The molecule has 3 rings (SSSR count). The molecule has 1 N–H and O–H groups in total. The maximum absolute atomic E-state index is 10.9. The number of benzene rings is 1. The molecule has 1 atom stereocenters. The Labute approximate surface area is 115 Å². The van der Waals surface area contributed by atoms with E-state index in [1.54, 1.807) is 6.20 Å². The lowest BCUT2D eigenvalue weighted by molar-refractivity contribution is -0.148. The lowest BCUT2D eigenvalue weighted by Crippen LogP contribution is -2.19. The molecule has 2 aromatic rings. The van der Waals surface area contributed by atoms with E-state index in [0.29, 0.717) is 5.71 Å². The summed E-state index contributed by atoms with van der Waals surface area (Å²) in [5, 5.41) is 12.8. The highest BCUT2D eigenvalue weighted by molar-refractivity contribution is 6.04. The van der Waals surface area contributed by atoms with Crippen LogP contribution in [0.4, 0.5) is 0 Å². The highest BCUT2D eigenvalue weighted by atomic mass is 16.7. The SMILES string of the molecule is O=C(O)C1CC(c2cccc(-c3ccccn3)c2)=NO1. The Hall–Kier alpha value is -2.69. The van der Waals surface area contributed by atoms with Crippen LogP contribution in [0.1, 0.15) is 12.0 Å². The van der Waals surface area contributed by atoms with Crippen molar-refractivity contribution in [2.75, 3.05) is 0 Å². The van der Waals surface area contributed by atoms with E-state index in [-0.39, 0.29) is 6.42 Å². The summed E-state index contributed by atoms with van der Waals surface area (Å²) < 4.78 is 0. The van der Waals surface area contributed by atoms with Gasteiger partial charge in [-0.05, 0) is 18.2 Å². The van der Waals surface area contributed by atoms with Gasteiger partial charge in [0.1, 0.15) is 0 Å². The average molecular weight is 268 g/mol. The van der Waals surface area contributed by atoms with Gasteiger partial charge in [-0.15, -0.1) is 0 Å². The van der Waals surface area contributed by atoms with E-state index in [1.165, 1.54) is 0 Å². The first kappa shape index (κ1) is 12.3. The molecule has 5 nitrogen and oxygen atoms in total. The number of oxime groups is 1. The van der Waals surface area contributed by atoms with Crippen molar-refractivity contribution < 1.29 is 14.7 Å². The molecule has 0 amide bonds. The highest BCUT2D eigenvalue weighted by Crippen LogP contribution is 2.22. The van der Waals surface area contributed by atoms with Gasteiger partial charge < -0.3 is 9.94 Å². The van der Waals surface area contributed by atoms with E-state index in [0.717, 1.165) is 16.8 Å². The molecular formula is C15H12N2O3. The third kappa shape index (κ3) is 2.38. The van der Waals surface area contributed by atoms with Gasteiger partial charge in [-0.1, -0.05) is 29.4 Å². The molecule has 5 heteroatoms. The normalized spacial score (nSPS) is 17.4. The standard InChI is InChI=1S/C15H12N2O3/c18-15(19)14-9-13(17-20-14)11-5-3-4-10(8-11)12-6-1-2-7-16-12/h1-8,14H,9H2,(H,18,19). The van der Waals surface area contributed by atoms with E-state index in [4.69, 9.17) is 9.94 Å². The van der Waals surface area contributed by atoms with E-state index in [2.05, 4.69) is 10.1 Å². The number of pyridine rings is 1. The zero-order valence-corrected chi connectivity index (χ0v) is 10.6. The molecule has 2 heterocycles. The molecule has 1 aromatic heterocycles. The van der Waals surface area contributed by atoms with Crippen LogP contribution in [0.15, 0.2) is 53.8 Å². The zero-order chi connectivity index (χ0) is 13.9. The fraction of sp³-hybridized carbons (Fsp3) is 0.133. The van der Waals surface area contributed by atoms with Crippen LogP contribution in [0.25, 0.3) is 11.3 Å². The second kappa shape index (κ2) is 5.13. The topological polar surface area (TPSA) is 71.8 Å². The van der Waals surface area contributed by atoms with Crippen molar-refractivity contribution in [1.82, 2.24) is 4.98 Å². The number of hydrogen-bond acceptors (Lipinski definition) is 4. The summed E-state index contributed by atoms with van der Waals surface area (Å²) in [6.45, 7) is 0. The summed E-state index contributed by atoms with van der Waals surface area (Å²) in [6.07, 6.45) is 1.13. The Kier molecular flexibility index (Phi) is 3.16. The highest BCUT2D eigenvalue weighted by Gasteiger charge is 2.28. The van der Waals surface area contributed by atoms with Gasteiger partial charge >= 0.3 is 5.97 Å². The number of hydrogen-bond donors (Lipinski definition) is 1. The Morgan fingerprint density at radius 2 is 2.05 bits per heavy atom. The van der Waals surface area contributed by atoms with Crippen LogP contribution in [-0.4, -0.2) is 27.9 Å². The first-order valence-electron chi connectivity index (χ1n) is 6.21. The first-order valence-corrected chi connectivity index (χ1v) is 6.21. The molecule has 0 aliphatic carbocycles. The van der Waals surface area contributed by atoms with Crippen LogP contribution < -0.4 is 0 Å². The molecule has 1 aromatic carbocycles. The molecule has 0 saturated carbocycles. The van der Waals surface area contributed by atoms with Gasteiger partial charge in [0.05, 0.1) is 11.4 Å². The number of carboxylic acid groups (broad SMARTS) is 1. The fourth-order valence-corrected chi connectivity index (χ4v) is 2.07. The van der Waals surface area contributed by atoms with Crippen molar-refractivity contribution in [3.8, 4) is 11.3 Å². The van der Waals surface area contributed by atoms with E-state index in [9.17, 15) is 4.79 Å². The maximum atomic E-state index is 10.9. The maximum Gasteiger partial charge on any atom is 0.348 e. The Bertz CT molecular complexity index is 668. The predicted octanol–water partition coefficient (Wildman–Crippen LogP) is 2.33. The van der Waals surface area contributed by atoms with Crippen LogP contribution >= 0.6 is 0 Å². The predicted molar refractivity (Wildman–Crippen MR) is 73.3 cm³/mol. The lowest BCUT2D eigenvalue weighted by Gasteiger charge is -2.04. The molecule has 100 valence electrons. The number of aromatic nitrogens is 1. The van der Waals surface area contributed by atoms with Gasteiger partial charge in [-0.2, -0.15) is 0 Å². The molecule has 1 aliphatic rings. The molecule has 20 heavy (non-hydrogen) atoms. The Morgan fingerprint density at radius 1 is 1.20 bits per heavy atom. The van der Waals surface area contributed by atoms with E-state index >= 15 is 0 Å². The molecule has 0 bridgehead atoms. The van der Waals surface area contributed by atoms with Crippen molar-refractivity contribution >= 4 is 11.7 Å². The van der Waals surface area contributed by atoms with Gasteiger partial charge in [0, 0.05) is 23.7 Å². The van der Waals surface area contributed by atoms with Gasteiger partial charge in [-0.3, -0.25) is 4.98 Å². The van der Waals surface area contributed by atoms with Crippen LogP contribution in [-0.2, 0) is 9.63 Å². The first-order chi connectivity index (χ1) is 9.74. The molecule has 0 spiro atoms. The summed E-state index contributed by atoms with van der Waals surface area (Å²) in [6, 6.07) is 13.4. The quantitative estimate of drug-likeness (QED) is 0.927. The minimum atomic E-state index is -0.996. The molecular weight excluding hydrogens is 256 g/mol. The monoisotopic (exact) mass is 268 g/mol. The number of carboxylic acids is 1. The summed E-state index contributed by atoms with van der Waals surface area (Å²) in [5.74, 6) is -0.996. The van der Waals surface area contributed by atoms with Crippen molar-refractivity contribution in [2.45, 2.75) is 12.5 Å². The zero-order valence-electron chi connectivity index (χ0n) is 10.6. The molecule has 1 unspecified atom stereocenters. The largest absolute Gasteiger partial charge is 0.478 e. The lowest BCUT2D eigenvalue weighted by atomic mass is 10.0. The van der Waals surface area contributed by atoms with Gasteiger partial charge in [0.2, 0.25) is 6.10 Å². The van der Waals surface area contributed by atoms with Crippen LogP contribution in [0, 0.1) is 0 Å². The fourth-order valence-electron chi connectivity index (χ4n) is 2.07. The third-order valence-electron chi connectivity index (χ3n) is 3.10. The molecule has 0 saturated heterocycles. The average Bonchev–Trinajstić information content (AvgIpc) is 2.98. The second-order valence-corrected chi connectivity index (χ2v) is 4.47. The van der Waals surface area contributed by atoms with Crippen molar-refractivity contribution in [3.05, 3.63) is 54.2 Å². The summed E-state index contributed by atoms with van der Waals surface area (Å²) >= 11 is 0. The van der Waals surface area contributed by atoms with Gasteiger partial charge in [0.25, 0.3) is 0 Å². The smallest absolute Gasteiger partial charge is 0.348 e. The molecule has 0 radical (unpaired) electrons. The minimum absolute atomic E-state index is 0.279. The number of nitrogens with zero attached hydrogens (tertiary/aromatic N) is 2. The minimum Gasteiger partial charge on any atom is -0.478 e. The molecule has 0 fully saturated rings. The van der Waals surface area contributed by atoms with Crippen molar-refractivity contribution in [2.24, 2.45) is 5.16 Å². The third-order valence-corrected chi connectivity index (χ3v) is 3.10. The molecule has 1 aliphatic heterocycles.